The van der Waals surface area contributed by atoms with Crippen molar-refractivity contribution in [1.29, 1.82) is 0 Å². The van der Waals surface area contributed by atoms with Crippen molar-refractivity contribution in [2.24, 2.45) is 5.92 Å². The lowest BCUT2D eigenvalue weighted by Crippen LogP contribution is -2.02. The molecular weight excluding hydrogens is 334 g/mol. The van der Waals surface area contributed by atoms with Gasteiger partial charge < -0.3 is 9.47 Å². The van der Waals surface area contributed by atoms with E-state index >= 15 is 0 Å². The Morgan fingerprint density at radius 2 is 2.13 bits per heavy atom. The molecule has 126 valence electrons. The van der Waals surface area contributed by atoms with E-state index in [1.54, 1.807) is 24.9 Å². The number of halogens is 1. The third kappa shape index (κ3) is 5.71. The lowest BCUT2D eigenvalue weighted by molar-refractivity contribution is 0.138. The van der Waals surface area contributed by atoms with Crippen LogP contribution in [-0.2, 0) is 4.74 Å². The summed E-state index contributed by atoms with van der Waals surface area (Å²) in [4.78, 5) is 4.48. The van der Waals surface area contributed by atoms with E-state index in [1.807, 2.05) is 12.1 Å². The molecule has 0 amide bonds. The first kappa shape index (κ1) is 18.1. The molecule has 7 heteroatoms. The van der Waals surface area contributed by atoms with E-state index in [1.165, 1.54) is 0 Å². The van der Waals surface area contributed by atoms with Crippen molar-refractivity contribution in [1.82, 2.24) is 15.2 Å². The third-order valence-electron chi connectivity index (χ3n) is 3.18. The molecule has 0 spiro atoms. The van der Waals surface area contributed by atoms with Gasteiger partial charge in [0.2, 0.25) is 5.16 Å². The number of rotatable bonds is 9. The SMILES string of the molecule is COc1ccc(Cl)cc1-c1nc(SCCOCCC(C)C)n[nH]1. The summed E-state index contributed by atoms with van der Waals surface area (Å²) in [5.41, 5.74) is 0.799. The molecule has 0 saturated carbocycles. The molecule has 0 aliphatic heterocycles. The molecule has 0 aliphatic rings. The van der Waals surface area contributed by atoms with E-state index in [2.05, 4.69) is 29.0 Å². The number of aromatic amines is 1. The van der Waals surface area contributed by atoms with Gasteiger partial charge >= 0.3 is 0 Å². The molecule has 1 heterocycles. The second-order valence-corrected chi connectivity index (χ2v) is 6.95. The largest absolute Gasteiger partial charge is 0.496 e. The predicted octanol–water partition coefficient (Wildman–Crippen LogP) is 4.29. The van der Waals surface area contributed by atoms with E-state index < -0.39 is 0 Å². The Morgan fingerprint density at radius 1 is 1.30 bits per heavy atom. The number of ether oxygens (including phenoxy) is 2. The van der Waals surface area contributed by atoms with Crippen LogP contribution in [0.15, 0.2) is 23.4 Å². The maximum absolute atomic E-state index is 6.05. The molecule has 0 bridgehead atoms. The molecule has 1 aromatic carbocycles. The van der Waals surface area contributed by atoms with Gasteiger partial charge in [0, 0.05) is 17.4 Å². The predicted molar refractivity (Wildman–Crippen MR) is 94.4 cm³/mol. The minimum atomic E-state index is 0.630. The fraction of sp³-hybridized carbons (Fsp3) is 0.500. The first-order chi connectivity index (χ1) is 11.1. The van der Waals surface area contributed by atoms with Gasteiger partial charge in [0.1, 0.15) is 5.75 Å². The standard InChI is InChI=1S/C16H22ClN3O2S/c1-11(2)6-7-22-8-9-23-16-18-15(19-20-16)13-10-12(17)4-5-14(13)21-3/h4-5,10-11H,6-9H2,1-3H3,(H,18,19,20). The third-order valence-corrected chi connectivity index (χ3v) is 4.23. The maximum atomic E-state index is 6.05. The molecule has 1 aromatic heterocycles. The summed E-state index contributed by atoms with van der Waals surface area (Å²) in [6.45, 7) is 5.88. The first-order valence-electron chi connectivity index (χ1n) is 7.57. The molecular formula is C16H22ClN3O2S. The maximum Gasteiger partial charge on any atom is 0.208 e. The van der Waals surface area contributed by atoms with Crippen molar-refractivity contribution in [2.75, 3.05) is 26.1 Å². The number of H-pyrrole nitrogens is 1. The Bertz CT molecular complexity index is 619. The topological polar surface area (TPSA) is 60.0 Å². The second-order valence-electron chi connectivity index (χ2n) is 5.45. The number of hydrogen-bond acceptors (Lipinski definition) is 5. The molecule has 2 rings (SSSR count). The number of nitrogens with one attached hydrogen (secondary N) is 1. The van der Waals surface area contributed by atoms with Crippen LogP contribution in [0, 0.1) is 5.92 Å². The number of hydrogen-bond donors (Lipinski definition) is 1. The Hall–Kier alpha value is -1.24. The molecule has 0 unspecified atom stereocenters. The van der Waals surface area contributed by atoms with Crippen molar-refractivity contribution >= 4 is 23.4 Å². The smallest absolute Gasteiger partial charge is 0.208 e. The van der Waals surface area contributed by atoms with Gasteiger partial charge in [-0.05, 0) is 30.5 Å². The van der Waals surface area contributed by atoms with Crippen LogP contribution in [0.5, 0.6) is 5.75 Å². The van der Waals surface area contributed by atoms with Gasteiger partial charge in [-0.15, -0.1) is 5.10 Å². The van der Waals surface area contributed by atoms with Crippen LogP contribution in [0.25, 0.3) is 11.4 Å². The normalized spacial score (nSPS) is 11.2. The van der Waals surface area contributed by atoms with E-state index in [9.17, 15) is 0 Å². The van der Waals surface area contributed by atoms with Crippen molar-refractivity contribution in [3.05, 3.63) is 23.2 Å². The summed E-state index contributed by atoms with van der Waals surface area (Å²) < 4.78 is 10.9. The molecule has 0 atom stereocenters. The summed E-state index contributed by atoms with van der Waals surface area (Å²) >= 11 is 7.61. The van der Waals surface area contributed by atoms with Gasteiger partial charge in [-0.2, -0.15) is 0 Å². The molecule has 0 saturated heterocycles. The van der Waals surface area contributed by atoms with Crippen molar-refractivity contribution in [3.63, 3.8) is 0 Å². The average molecular weight is 356 g/mol. The molecule has 23 heavy (non-hydrogen) atoms. The Kier molecular flexibility index (Phi) is 7.20. The van der Waals surface area contributed by atoms with Gasteiger partial charge in [-0.25, -0.2) is 4.98 Å². The summed E-state index contributed by atoms with van der Waals surface area (Å²) in [6.07, 6.45) is 1.09. The van der Waals surface area contributed by atoms with Crippen LogP contribution < -0.4 is 4.74 Å². The Morgan fingerprint density at radius 3 is 2.87 bits per heavy atom. The number of aromatic nitrogens is 3. The number of thioether (sulfide) groups is 1. The van der Waals surface area contributed by atoms with Crippen LogP contribution in [0.1, 0.15) is 20.3 Å². The summed E-state index contributed by atoms with van der Waals surface area (Å²) in [5, 5.41) is 8.46. The van der Waals surface area contributed by atoms with Gasteiger partial charge in [-0.3, -0.25) is 5.10 Å². The summed E-state index contributed by atoms with van der Waals surface area (Å²) in [7, 11) is 1.62. The monoisotopic (exact) mass is 355 g/mol. The lowest BCUT2D eigenvalue weighted by atomic mass is 10.1. The molecule has 0 aliphatic carbocycles. The summed E-state index contributed by atoms with van der Waals surface area (Å²) in [5.74, 6) is 2.85. The average Bonchev–Trinajstić information content (AvgIpc) is 2.99. The van der Waals surface area contributed by atoms with Gasteiger partial charge in [-0.1, -0.05) is 37.2 Å². The van der Waals surface area contributed by atoms with Crippen LogP contribution in [0.4, 0.5) is 0 Å². The molecule has 0 fully saturated rings. The Balaban J connectivity index is 1.87. The van der Waals surface area contributed by atoms with E-state index in [0.717, 1.165) is 24.3 Å². The van der Waals surface area contributed by atoms with Crippen LogP contribution in [-0.4, -0.2) is 41.3 Å². The second kappa shape index (κ2) is 9.15. The number of benzene rings is 1. The minimum Gasteiger partial charge on any atom is -0.496 e. The fourth-order valence-corrected chi connectivity index (χ4v) is 2.73. The highest BCUT2D eigenvalue weighted by Gasteiger charge is 2.12. The highest BCUT2D eigenvalue weighted by molar-refractivity contribution is 7.99. The van der Waals surface area contributed by atoms with Gasteiger partial charge in [0.05, 0.1) is 19.3 Å². The zero-order valence-electron chi connectivity index (χ0n) is 13.6. The molecule has 5 nitrogen and oxygen atoms in total. The highest BCUT2D eigenvalue weighted by Crippen LogP contribution is 2.31. The first-order valence-corrected chi connectivity index (χ1v) is 8.93. The van der Waals surface area contributed by atoms with Gasteiger partial charge in [0.25, 0.3) is 0 Å². The van der Waals surface area contributed by atoms with Crippen molar-refractivity contribution in [3.8, 4) is 17.1 Å². The van der Waals surface area contributed by atoms with Crippen LogP contribution in [0.3, 0.4) is 0 Å². The molecule has 0 radical (unpaired) electrons. The quantitative estimate of drug-likeness (QED) is 0.537. The van der Waals surface area contributed by atoms with Crippen molar-refractivity contribution in [2.45, 2.75) is 25.4 Å². The Labute approximate surface area is 146 Å². The zero-order valence-corrected chi connectivity index (χ0v) is 15.2. The van der Waals surface area contributed by atoms with Gasteiger partial charge in [0.15, 0.2) is 5.82 Å². The van der Waals surface area contributed by atoms with Crippen LogP contribution in [0.2, 0.25) is 5.02 Å². The molecule has 1 N–H and O–H groups in total. The minimum absolute atomic E-state index is 0.630. The number of nitrogens with zero attached hydrogens (tertiary/aromatic N) is 2. The highest BCUT2D eigenvalue weighted by atomic mass is 35.5. The zero-order chi connectivity index (χ0) is 16.7. The number of methoxy groups -OCH3 is 1. The van der Waals surface area contributed by atoms with E-state index in [4.69, 9.17) is 21.1 Å². The lowest BCUT2D eigenvalue weighted by Gasteiger charge is -2.05. The van der Waals surface area contributed by atoms with E-state index in [0.29, 0.717) is 34.3 Å². The molecule has 2 aromatic rings. The van der Waals surface area contributed by atoms with Crippen molar-refractivity contribution < 1.29 is 9.47 Å². The van der Waals surface area contributed by atoms with E-state index in [-0.39, 0.29) is 0 Å². The summed E-state index contributed by atoms with van der Waals surface area (Å²) in [6, 6.07) is 5.41. The van der Waals surface area contributed by atoms with Crippen LogP contribution >= 0.6 is 23.4 Å². The fourth-order valence-electron chi connectivity index (χ4n) is 1.91.